The number of anilines is 1. The summed E-state index contributed by atoms with van der Waals surface area (Å²) in [6.07, 6.45) is 3.67. The van der Waals surface area contributed by atoms with Crippen molar-refractivity contribution < 1.29 is 0 Å². The Morgan fingerprint density at radius 2 is 2.10 bits per heavy atom. The largest absolute Gasteiger partial charge is 0.370 e. The lowest BCUT2D eigenvalue weighted by molar-refractivity contribution is 0.912. The van der Waals surface area contributed by atoms with Gasteiger partial charge in [0.1, 0.15) is 0 Å². The number of nitrogens with two attached hydrogens (primary N) is 1. The van der Waals surface area contributed by atoms with Crippen LogP contribution in [0.25, 0.3) is 0 Å². The summed E-state index contributed by atoms with van der Waals surface area (Å²) in [7, 11) is 0. The molecule has 1 aromatic rings. The number of fused-ring (bicyclic) bond motifs is 1. The Kier molecular flexibility index (Phi) is 7.72. The summed E-state index contributed by atoms with van der Waals surface area (Å²) >= 11 is 1.91. The molecule has 0 atom stereocenters. The number of thioether (sulfide) groups is 1. The topological polar surface area (TPSA) is 50.4 Å². The zero-order valence-corrected chi connectivity index (χ0v) is 15.3. The van der Waals surface area contributed by atoms with E-state index in [1.807, 2.05) is 11.8 Å². The van der Waals surface area contributed by atoms with E-state index in [0.29, 0.717) is 11.2 Å². The van der Waals surface area contributed by atoms with E-state index in [1.54, 1.807) is 0 Å². The van der Waals surface area contributed by atoms with Crippen LogP contribution in [0.15, 0.2) is 23.2 Å². The molecule has 2 rings (SSSR count). The van der Waals surface area contributed by atoms with E-state index in [0.717, 1.165) is 18.0 Å². The van der Waals surface area contributed by atoms with Gasteiger partial charge in [0.2, 0.25) is 0 Å². The van der Waals surface area contributed by atoms with E-state index in [4.69, 9.17) is 5.73 Å². The monoisotopic (exact) mass is 405 g/mol. The number of aryl methyl sites for hydroxylation is 2. The normalized spacial score (nSPS) is 14.1. The first-order valence-corrected chi connectivity index (χ1v) is 8.00. The van der Waals surface area contributed by atoms with Crippen LogP contribution < -0.4 is 11.1 Å². The highest BCUT2D eigenvalue weighted by molar-refractivity contribution is 14.0. The fraction of sp³-hybridized carbons (Fsp3) is 0.533. The fourth-order valence-corrected chi connectivity index (χ4v) is 2.96. The molecule has 5 heteroatoms. The van der Waals surface area contributed by atoms with Crippen LogP contribution in [0.1, 0.15) is 31.4 Å². The van der Waals surface area contributed by atoms with Gasteiger partial charge in [0, 0.05) is 11.4 Å². The lowest BCUT2D eigenvalue weighted by Gasteiger charge is -2.08. The molecule has 0 aromatic heterocycles. The van der Waals surface area contributed by atoms with Gasteiger partial charge in [-0.25, -0.2) is 0 Å². The standard InChI is InChI=1S/C15H23N3S.HI/c1-11(2)19-9-8-17-15(16)18-14-7-6-12-4-3-5-13(12)10-14;/h6-7,10-11H,3-5,8-9H2,1-2H3,(H3,16,17,18);1H. The average molecular weight is 405 g/mol. The van der Waals surface area contributed by atoms with Crippen LogP contribution in [0.4, 0.5) is 5.69 Å². The van der Waals surface area contributed by atoms with Crippen molar-refractivity contribution in [1.29, 1.82) is 0 Å². The molecule has 20 heavy (non-hydrogen) atoms. The first-order chi connectivity index (χ1) is 9.15. The van der Waals surface area contributed by atoms with Gasteiger partial charge >= 0.3 is 0 Å². The number of aliphatic imine (C=N–C) groups is 1. The van der Waals surface area contributed by atoms with Crippen LogP contribution in [0, 0.1) is 0 Å². The van der Waals surface area contributed by atoms with Crippen LogP contribution >= 0.6 is 35.7 Å². The van der Waals surface area contributed by atoms with E-state index in [2.05, 4.69) is 42.4 Å². The lowest BCUT2D eigenvalue weighted by Crippen LogP contribution is -2.23. The lowest BCUT2D eigenvalue weighted by atomic mass is 10.1. The van der Waals surface area contributed by atoms with Gasteiger partial charge in [-0.05, 0) is 47.8 Å². The molecule has 3 N–H and O–H groups in total. The third-order valence-corrected chi connectivity index (χ3v) is 4.28. The molecule has 0 saturated heterocycles. The molecule has 1 aliphatic rings. The summed E-state index contributed by atoms with van der Waals surface area (Å²) in [6, 6.07) is 6.50. The van der Waals surface area contributed by atoms with Gasteiger partial charge in [-0.15, -0.1) is 24.0 Å². The van der Waals surface area contributed by atoms with Crippen LogP contribution in [0.3, 0.4) is 0 Å². The maximum atomic E-state index is 5.90. The summed E-state index contributed by atoms with van der Waals surface area (Å²) in [6.45, 7) is 5.16. The number of benzene rings is 1. The highest BCUT2D eigenvalue weighted by Crippen LogP contribution is 2.24. The van der Waals surface area contributed by atoms with Crippen molar-refractivity contribution in [3.8, 4) is 0 Å². The molecule has 0 aliphatic heterocycles. The van der Waals surface area contributed by atoms with Crippen molar-refractivity contribution in [3.63, 3.8) is 0 Å². The Bertz CT molecular complexity index is 460. The van der Waals surface area contributed by atoms with E-state index >= 15 is 0 Å². The highest BCUT2D eigenvalue weighted by atomic mass is 127. The molecule has 112 valence electrons. The number of nitrogens with zero attached hydrogens (tertiary/aromatic N) is 1. The molecule has 0 amide bonds. The van der Waals surface area contributed by atoms with Gasteiger partial charge in [0.25, 0.3) is 0 Å². The summed E-state index contributed by atoms with van der Waals surface area (Å²) in [5.41, 5.74) is 9.88. The van der Waals surface area contributed by atoms with Crippen molar-refractivity contribution in [2.75, 3.05) is 17.6 Å². The maximum absolute atomic E-state index is 5.90. The van der Waals surface area contributed by atoms with E-state index in [-0.39, 0.29) is 24.0 Å². The summed E-state index contributed by atoms with van der Waals surface area (Å²) in [4.78, 5) is 4.35. The molecule has 3 nitrogen and oxygen atoms in total. The van der Waals surface area contributed by atoms with Crippen LogP contribution in [-0.4, -0.2) is 23.5 Å². The Morgan fingerprint density at radius 1 is 1.35 bits per heavy atom. The second kappa shape index (κ2) is 8.77. The third kappa shape index (κ3) is 5.52. The Labute approximate surface area is 143 Å². The number of rotatable bonds is 5. The molecule has 1 aromatic carbocycles. The quantitative estimate of drug-likeness (QED) is 0.340. The molecule has 0 bridgehead atoms. The minimum Gasteiger partial charge on any atom is -0.370 e. The minimum atomic E-state index is 0. The van der Waals surface area contributed by atoms with Crippen molar-refractivity contribution in [1.82, 2.24) is 0 Å². The van der Waals surface area contributed by atoms with Crippen molar-refractivity contribution >= 4 is 47.4 Å². The molecule has 0 radical (unpaired) electrons. The molecule has 1 aliphatic carbocycles. The zero-order chi connectivity index (χ0) is 13.7. The molecule has 0 saturated carbocycles. The predicted octanol–water partition coefficient (Wildman–Crippen LogP) is 3.66. The molecule has 0 heterocycles. The van der Waals surface area contributed by atoms with Gasteiger partial charge in [0.05, 0.1) is 6.54 Å². The number of halogens is 1. The predicted molar refractivity (Wildman–Crippen MR) is 102 cm³/mol. The van der Waals surface area contributed by atoms with Crippen molar-refractivity contribution in [2.24, 2.45) is 10.7 Å². The van der Waals surface area contributed by atoms with Gasteiger partial charge in [-0.2, -0.15) is 11.8 Å². The van der Waals surface area contributed by atoms with Crippen LogP contribution in [0.5, 0.6) is 0 Å². The molecule has 0 unspecified atom stereocenters. The molecular weight excluding hydrogens is 381 g/mol. The minimum absolute atomic E-state index is 0. The Hall–Kier alpha value is -0.430. The van der Waals surface area contributed by atoms with Gasteiger partial charge < -0.3 is 11.1 Å². The molecule has 0 spiro atoms. The maximum Gasteiger partial charge on any atom is 0.193 e. The first-order valence-electron chi connectivity index (χ1n) is 6.95. The van der Waals surface area contributed by atoms with E-state index in [1.165, 1.54) is 30.4 Å². The van der Waals surface area contributed by atoms with Gasteiger partial charge in [-0.3, -0.25) is 4.99 Å². The number of guanidine groups is 1. The highest BCUT2D eigenvalue weighted by Gasteiger charge is 2.10. The van der Waals surface area contributed by atoms with Gasteiger partial charge in [-0.1, -0.05) is 19.9 Å². The van der Waals surface area contributed by atoms with E-state index < -0.39 is 0 Å². The van der Waals surface area contributed by atoms with Crippen LogP contribution in [-0.2, 0) is 12.8 Å². The third-order valence-electron chi connectivity index (χ3n) is 3.20. The Balaban J connectivity index is 0.00000200. The second-order valence-corrected chi connectivity index (χ2v) is 6.83. The first kappa shape index (κ1) is 17.6. The zero-order valence-electron chi connectivity index (χ0n) is 12.2. The Morgan fingerprint density at radius 3 is 2.85 bits per heavy atom. The smallest absolute Gasteiger partial charge is 0.193 e. The second-order valence-electron chi connectivity index (χ2n) is 5.15. The molecule has 0 fully saturated rings. The van der Waals surface area contributed by atoms with E-state index in [9.17, 15) is 0 Å². The van der Waals surface area contributed by atoms with Crippen LogP contribution in [0.2, 0.25) is 0 Å². The summed E-state index contributed by atoms with van der Waals surface area (Å²) in [5, 5.41) is 3.83. The summed E-state index contributed by atoms with van der Waals surface area (Å²) in [5.74, 6) is 1.53. The molecular formula is C15H24IN3S. The average Bonchev–Trinajstić information content (AvgIpc) is 2.82. The SMILES string of the molecule is CC(C)SCCN=C(N)Nc1ccc2c(c1)CCC2.I. The van der Waals surface area contributed by atoms with Crippen molar-refractivity contribution in [2.45, 2.75) is 38.4 Å². The number of hydrogen-bond acceptors (Lipinski definition) is 2. The van der Waals surface area contributed by atoms with Crippen molar-refractivity contribution in [3.05, 3.63) is 29.3 Å². The number of hydrogen-bond donors (Lipinski definition) is 2. The van der Waals surface area contributed by atoms with Gasteiger partial charge in [0.15, 0.2) is 5.96 Å². The number of nitrogens with one attached hydrogen (secondary N) is 1. The summed E-state index contributed by atoms with van der Waals surface area (Å²) < 4.78 is 0. The fourth-order valence-electron chi connectivity index (χ4n) is 2.29.